The molecule has 120 valence electrons. The molecule has 2 aromatic carbocycles. The van der Waals surface area contributed by atoms with Crippen molar-refractivity contribution < 1.29 is 17.9 Å². The number of cyclic esters (lactones) is 1. The van der Waals surface area contributed by atoms with Gasteiger partial charge in [-0.2, -0.15) is 0 Å². The molecule has 1 aliphatic heterocycles. The van der Waals surface area contributed by atoms with Gasteiger partial charge in [-0.05, 0) is 23.3 Å². The summed E-state index contributed by atoms with van der Waals surface area (Å²) in [5.41, 5.74) is 2.90. The average molecular weight is 351 g/mol. The number of hydrogen-bond donors (Lipinski definition) is 0. The van der Waals surface area contributed by atoms with E-state index in [4.69, 9.17) is 4.74 Å². The van der Waals surface area contributed by atoms with Crippen molar-refractivity contribution in [2.24, 2.45) is 0 Å². The van der Waals surface area contributed by atoms with Crippen molar-refractivity contribution in [3.8, 4) is 0 Å². The smallest absolute Gasteiger partial charge is 0.339 e. The number of benzene rings is 2. The Morgan fingerprint density at radius 2 is 1.52 bits per heavy atom. The monoisotopic (exact) mass is 350 g/mol. The Bertz CT molecular complexity index is 853. The zero-order chi connectivity index (χ0) is 15.7. The van der Waals surface area contributed by atoms with Crippen molar-refractivity contribution in [3.63, 3.8) is 0 Å². The number of esters is 1. The minimum Gasteiger partial charge on any atom is -0.457 e. The Labute approximate surface area is 141 Å². The van der Waals surface area contributed by atoms with Gasteiger partial charge in [0, 0.05) is 11.8 Å². The fraction of sp³-hybridized carbons (Fsp3) is 0.118. The van der Waals surface area contributed by atoms with Crippen LogP contribution in [0.1, 0.15) is 11.1 Å². The van der Waals surface area contributed by atoms with E-state index in [9.17, 15) is 13.2 Å². The first-order chi connectivity index (χ1) is 10.5. The molecule has 0 fully saturated rings. The van der Waals surface area contributed by atoms with E-state index in [0.29, 0.717) is 5.57 Å². The number of sulfone groups is 1. The Morgan fingerprint density at radius 1 is 0.913 bits per heavy atom. The molecule has 0 unspecified atom stereocenters. The van der Waals surface area contributed by atoms with Crippen LogP contribution in [0.2, 0.25) is 0 Å². The van der Waals surface area contributed by atoms with Gasteiger partial charge >= 0.3 is 5.97 Å². The molecule has 0 amide bonds. The van der Waals surface area contributed by atoms with E-state index in [2.05, 4.69) is 0 Å². The Balaban J connectivity index is 0.00000192. The maximum absolute atomic E-state index is 12.0. The summed E-state index contributed by atoms with van der Waals surface area (Å²) in [6, 6.07) is 15.8. The number of hydrogen-bond acceptors (Lipinski definition) is 4. The lowest BCUT2D eigenvalue weighted by atomic mass is 9.97. The molecule has 2 aromatic rings. The van der Waals surface area contributed by atoms with Crippen LogP contribution in [-0.2, 0) is 19.4 Å². The summed E-state index contributed by atoms with van der Waals surface area (Å²) in [6.07, 6.45) is 1.17. The molecule has 0 bridgehead atoms. The standard InChI is InChI=1S/C17H14O4S.ClH/c1-22(19,20)14-9-7-12(8-10-14)15-11-21-17(18)16(15)13-5-3-2-4-6-13;/h2-10H,11H2,1H3;1H. The minimum absolute atomic E-state index is 0. The average Bonchev–Trinajstić information content (AvgIpc) is 2.89. The maximum atomic E-state index is 12.0. The number of carbonyl (C=O) groups is 1. The van der Waals surface area contributed by atoms with Crippen LogP contribution in [0.25, 0.3) is 11.1 Å². The fourth-order valence-electron chi connectivity index (χ4n) is 2.43. The van der Waals surface area contributed by atoms with Crippen molar-refractivity contribution in [1.82, 2.24) is 0 Å². The van der Waals surface area contributed by atoms with E-state index in [0.717, 1.165) is 16.7 Å². The first-order valence-electron chi connectivity index (χ1n) is 6.73. The van der Waals surface area contributed by atoms with Crippen molar-refractivity contribution >= 4 is 39.4 Å². The summed E-state index contributed by atoms with van der Waals surface area (Å²) < 4.78 is 28.2. The van der Waals surface area contributed by atoms with Gasteiger partial charge in [0.25, 0.3) is 0 Å². The fourth-order valence-corrected chi connectivity index (χ4v) is 3.06. The molecule has 0 saturated heterocycles. The summed E-state index contributed by atoms with van der Waals surface area (Å²) in [6.45, 7) is 0.196. The van der Waals surface area contributed by atoms with E-state index in [1.807, 2.05) is 30.3 Å². The minimum atomic E-state index is -3.23. The number of carbonyl (C=O) groups excluding carboxylic acids is 1. The maximum Gasteiger partial charge on any atom is 0.339 e. The van der Waals surface area contributed by atoms with Gasteiger partial charge in [0.1, 0.15) is 6.61 Å². The first-order valence-corrected chi connectivity index (χ1v) is 8.62. The van der Waals surface area contributed by atoms with Crippen LogP contribution in [0, 0.1) is 0 Å². The van der Waals surface area contributed by atoms with Crippen molar-refractivity contribution in [2.45, 2.75) is 4.90 Å². The van der Waals surface area contributed by atoms with Crippen molar-refractivity contribution in [3.05, 3.63) is 65.7 Å². The lowest BCUT2D eigenvalue weighted by Crippen LogP contribution is -1.98. The number of rotatable bonds is 3. The molecule has 1 heterocycles. The molecular formula is C17H15ClO4S. The predicted molar refractivity (Wildman–Crippen MR) is 91.0 cm³/mol. The normalized spacial score (nSPS) is 14.4. The molecule has 0 saturated carbocycles. The lowest BCUT2D eigenvalue weighted by molar-refractivity contribution is -0.133. The highest BCUT2D eigenvalue weighted by atomic mass is 35.5. The quantitative estimate of drug-likeness (QED) is 0.798. The topological polar surface area (TPSA) is 60.4 Å². The van der Waals surface area contributed by atoms with Crippen LogP contribution < -0.4 is 0 Å². The van der Waals surface area contributed by atoms with Gasteiger partial charge in [0.15, 0.2) is 9.84 Å². The molecule has 0 aromatic heterocycles. The van der Waals surface area contributed by atoms with Crippen LogP contribution in [-0.4, -0.2) is 27.2 Å². The SMILES string of the molecule is CS(=O)(=O)c1ccc(C2=C(c3ccccc3)C(=O)OC2)cc1.Cl. The van der Waals surface area contributed by atoms with E-state index < -0.39 is 9.84 Å². The zero-order valence-corrected chi connectivity index (χ0v) is 14.0. The highest BCUT2D eigenvalue weighted by Crippen LogP contribution is 2.33. The molecule has 0 N–H and O–H groups in total. The molecule has 6 heteroatoms. The summed E-state index contributed by atoms with van der Waals surface area (Å²) >= 11 is 0. The highest BCUT2D eigenvalue weighted by Gasteiger charge is 2.27. The van der Waals surface area contributed by atoms with Crippen molar-refractivity contribution in [1.29, 1.82) is 0 Å². The largest absolute Gasteiger partial charge is 0.457 e. The summed E-state index contributed by atoms with van der Waals surface area (Å²) in [5.74, 6) is -0.353. The first kappa shape index (κ1) is 17.2. The van der Waals surface area contributed by atoms with Crippen LogP contribution >= 0.6 is 12.4 Å². The molecule has 4 nitrogen and oxygen atoms in total. The van der Waals surface area contributed by atoms with Gasteiger partial charge < -0.3 is 4.74 Å². The predicted octanol–water partition coefficient (Wildman–Crippen LogP) is 2.98. The zero-order valence-electron chi connectivity index (χ0n) is 12.4. The molecule has 0 aliphatic carbocycles. The van der Waals surface area contributed by atoms with Gasteiger partial charge in [-0.15, -0.1) is 12.4 Å². The molecule has 0 radical (unpaired) electrons. The third-order valence-electron chi connectivity index (χ3n) is 3.55. The van der Waals surface area contributed by atoms with E-state index in [1.54, 1.807) is 24.3 Å². The highest BCUT2D eigenvalue weighted by molar-refractivity contribution is 7.90. The third kappa shape index (κ3) is 3.46. The molecule has 0 atom stereocenters. The van der Waals surface area contributed by atoms with Crippen molar-refractivity contribution in [2.75, 3.05) is 12.9 Å². The summed E-state index contributed by atoms with van der Waals surface area (Å²) in [7, 11) is -3.23. The summed E-state index contributed by atoms with van der Waals surface area (Å²) in [4.78, 5) is 12.3. The second kappa shape index (κ2) is 6.56. The van der Waals surface area contributed by atoms with Gasteiger partial charge in [-0.1, -0.05) is 42.5 Å². The molecule has 1 aliphatic rings. The molecule has 3 rings (SSSR count). The van der Waals surface area contributed by atoms with Crippen LogP contribution in [0.4, 0.5) is 0 Å². The van der Waals surface area contributed by atoms with Gasteiger partial charge in [-0.3, -0.25) is 0 Å². The Hall–Kier alpha value is -2.11. The third-order valence-corrected chi connectivity index (χ3v) is 4.68. The number of ether oxygens (including phenoxy) is 1. The summed E-state index contributed by atoms with van der Waals surface area (Å²) in [5, 5.41) is 0. The van der Waals surface area contributed by atoms with E-state index in [-0.39, 0.29) is 29.9 Å². The lowest BCUT2D eigenvalue weighted by Gasteiger charge is -2.05. The van der Waals surface area contributed by atoms with Gasteiger partial charge in [-0.25, -0.2) is 13.2 Å². The van der Waals surface area contributed by atoms with Crippen LogP contribution in [0.5, 0.6) is 0 Å². The number of halogens is 1. The van der Waals surface area contributed by atoms with Crippen LogP contribution in [0.15, 0.2) is 59.5 Å². The second-order valence-electron chi connectivity index (χ2n) is 5.09. The molecule has 0 spiro atoms. The van der Waals surface area contributed by atoms with E-state index >= 15 is 0 Å². The second-order valence-corrected chi connectivity index (χ2v) is 7.11. The molecular weight excluding hydrogens is 336 g/mol. The Kier molecular flexibility index (Phi) is 4.92. The van der Waals surface area contributed by atoms with E-state index in [1.165, 1.54) is 6.26 Å². The molecule has 23 heavy (non-hydrogen) atoms. The van der Waals surface area contributed by atoms with Gasteiger partial charge in [0.2, 0.25) is 0 Å². The Morgan fingerprint density at radius 3 is 2.09 bits per heavy atom. The van der Waals surface area contributed by atoms with Crippen LogP contribution in [0.3, 0.4) is 0 Å². The van der Waals surface area contributed by atoms with Gasteiger partial charge in [0.05, 0.1) is 10.5 Å².